The van der Waals surface area contributed by atoms with E-state index in [0.29, 0.717) is 35.9 Å². The van der Waals surface area contributed by atoms with Gasteiger partial charge in [0.25, 0.3) is 0 Å². The van der Waals surface area contributed by atoms with Gasteiger partial charge in [-0.05, 0) is 43.9 Å². The molecule has 0 aromatic rings. The molecular formula is C18H31ClN2O2. The maximum atomic E-state index is 12.8. The highest BCUT2D eigenvalue weighted by molar-refractivity contribution is 5.85. The lowest BCUT2D eigenvalue weighted by molar-refractivity contribution is -0.143. The molecule has 3 N–H and O–H groups in total. The lowest BCUT2D eigenvalue weighted by Crippen LogP contribution is -2.67. The molecule has 4 rings (SSSR count). The van der Waals surface area contributed by atoms with Crippen molar-refractivity contribution >= 4 is 18.3 Å². The fourth-order valence-electron chi connectivity index (χ4n) is 5.89. The van der Waals surface area contributed by atoms with Crippen molar-refractivity contribution < 1.29 is 9.53 Å². The van der Waals surface area contributed by atoms with Gasteiger partial charge < -0.3 is 15.8 Å². The van der Waals surface area contributed by atoms with Gasteiger partial charge in [-0.1, -0.05) is 20.3 Å². The van der Waals surface area contributed by atoms with Gasteiger partial charge in [-0.2, -0.15) is 0 Å². The molecule has 2 bridgehead atoms. The van der Waals surface area contributed by atoms with Crippen molar-refractivity contribution in [2.45, 2.75) is 70.6 Å². The third-order valence-corrected chi connectivity index (χ3v) is 7.18. The van der Waals surface area contributed by atoms with Crippen LogP contribution in [0, 0.1) is 29.1 Å². The highest BCUT2D eigenvalue weighted by Crippen LogP contribution is 2.52. The lowest BCUT2D eigenvalue weighted by Gasteiger charge is -2.55. The van der Waals surface area contributed by atoms with Crippen LogP contribution in [0.5, 0.6) is 0 Å². The second-order valence-corrected chi connectivity index (χ2v) is 8.75. The molecule has 3 aliphatic carbocycles. The molecule has 0 aromatic carbocycles. The van der Waals surface area contributed by atoms with Gasteiger partial charge >= 0.3 is 0 Å². The van der Waals surface area contributed by atoms with E-state index in [2.05, 4.69) is 19.2 Å². The number of nitrogens with two attached hydrogens (primary N) is 1. The summed E-state index contributed by atoms with van der Waals surface area (Å²) in [5.74, 6) is 2.14. The van der Waals surface area contributed by atoms with Gasteiger partial charge in [-0.25, -0.2) is 0 Å². The van der Waals surface area contributed by atoms with Crippen LogP contribution in [-0.2, 0) is 9.53 Å². The Labute approximate surface area is 145 Å². The number of amides is 1. The number of rotatable bonds is 2. The number of hydrogen-bond donors (Lipinski definition) is 2. The van der Waals surface area contributed by atoms with E-state index in [1.54, 1.807) is 0 Å². The molecule has 5 unspecified atom stereocenters. The average molecular weight is 343 g/mol. The first kappa shape index (κ1) is 17.5. The largest absolute Gasteiger partial charge is 0.377 e. The topological polar surface area (TPSA) is 64.4 Å². The van der Waals surface area contributed by atoms with Crippen LogP contribution >= 0.6 is 12.4 Å². The maximum absolute atomic E-state index is 12.8. The van der Waals surface area contributed by atoms with E-state index in [1.807, 2.05) is 0 Å². The number of hydrogen-bond acceptors (Lipinski definition) is 3. The molecular weight excluding hydrogens is 312 g/mol. The van der Waals surface area contributed by atoms with Gasteiger partial charge in [-0.3, -0.25) is 4.79 Å². The summed E-state index contributed by atoms with van der Waals surface area (Å²) >= 11 is 0. The third-order valence-electron chi connectivity index (χ3n) is 7.18. The van der Waals surface area contributed by atoms with E-state index in [1.165, 1.54) is 19.3 Å². The van der Waals surface area contributed by atoms with Crippen LogP contribution in [0.3, 0.4) is 0 Å². The van der Waals surface area contributed by atoms with Gasteiger partial charge in [-0.15, -0.1) is 12.4 Å². The molecule has 5 atom stereocenters. The summed E-state index contributed by atoms with van der Waals surface area (Å²) < 4.78 is 5.83. The molecule has 0 spiro atoms. The maximum Gasteiger partial charge on any atom is 0.223 e. The summed E-state index contributed by atoms with van der Waals surface area (Å²) in [5, 5.41) is 3.39. The number of halogens is 1. The van der Waals surface area contributed by atoms with Crippen LogP contribution in [0.15, 0.2) is 0 Å². The quantitative estimate of drug-likeness (QED) is 0.810. The van der Waals surface area contributed by atoms with Crippen LogP contribution in [0.1, 0.15) is 52.4 Å². The zero-order valence-electron chi connectivity index (χ0n) is 14.3. The van der Waals surface area contributed by atoms with Crippen molar-refractivity contribution in [3.05, 3.63) is 0 Å². The zero-order valence-corrected chi connectivity index (χ0v) is 15.1. The van der Waals surface area contributed by atoms with E-state index in [9.17, 15) is 4.79 Å². The zero-order chi connectivity index (χ0) is 15.5. The first-order chi connectivity index (χ1) is 10.5. The SMILES string of the molecule is CC1(C)C(NC(=O)C2CC3CCCC(C2)C3N)C2CCOC21.Cl. The van der Waals surface area contributed by atoms with Crippen molar-refractivity contribution in [3.63, 3.8) is 0 Å². The number of fused-ring (bicyclic) bond motifs is 3. The molecule has 3 saturated carbocycles. The molecule has 0 radical (unpaired) electrons. The molecule has 132 valence electrons. The molecule has 1 amide bonds. The Morgan fingerprint density at radius 2 is 1.83 bits per heavy atom. The summed E-state index contributed by atoms with van der Waals surface area (Å²) in [5.41, 5.74) is 6.43. The minimum atomic E-state index is 0. The molecule has 4 aliphatic rings. The third kappa shape index (κ3) is 2.71. The summed E-state index contributed by atoms with van der Waals surface area (Å²) in [6.45, 7) is 5.32. The van der Waals surface area contributed by atoms with Gasteiger partial charge in [0.05, 0.1) is 6.10 Å². The summed E-state index contributed by atoms with van der Waals surface area (Å²) in [4.78, 5) is 12.8. The van der Waals surface area contributed by atoms with E-state index in [-0.39, 0.29) is 29.6 Å². The van der Waals surface area contributed by atoms with E-state index in [4.69, 9.17) is 10.5 Å². The Balaban J connectivity index is 0.00000156. The van der Waals surface area contributed by atoms with Gasteiger partial charge in [0.2, 0.25) is 5.91 Å². The minimum Gasteiger partial charge on any atom is -0.377 e. The van der Waals surface area contributed by atoms with Crippen LogP contribution in [0.25, 0.3) is 0 Å². The molecule has 1 heterocycles. The number of carbonyl (C=O) groups is 1. The summed E-state index contributed by atoms with van der Waals surface area (Å²) in [6.07, 6.45) is 7.18. The van der Waals surface area contributed by atoms with Crippen molar-refractivity contribution in [1.82, 2.24) is 5.32 Å². The van der Waals surface area contributed by atoms with E-state index in [0.717, 1.165) is 25.9 Å². The van der Waals surface area contributed by atoms with Crippen LogP contribution < -0.4 is 11.1 Å². The fourth-order valence-corrected chi connectivity index (χ4v) is 5.89. The predicted octanol–water partition coefficient (Wildman–Crippen LogP) is 2.49. The van der Waals surface area contributed by atoms with Crippen LogP contribution in [0.2, 0.25) is 0 Å². The summed E-state index contributed by atoms with van der Waals surface area (Å²) in [6, 6.07) is 0.633. The first-order valence-corrected chi connectivity index (χ1v) is 9.16. The van der Waals surface area contributed by atoms with E-state index < -0.39 is 0 Å². The summed E-state index contributed by atoms with van der Waals surface area (Å²) in [7, 11) is 0. The van der Waals surface area contributed by atoms with Crippen molar-refractivity contribution in [2.24, 2.45) is 34.8 Å². The smallest absolute Gasteiger partial charge is 0.223 e. The second kappa shape index (κ2) is 6.20. The number of ether oxygens (including phenoxy) is 1. The predicted molar refractivity (Wildman–Crippen MR) is 92.3 cm³/mol. The van der Waals surface area contributed by atoms with E-state index >= 15 is 0 Å². The Morgan fingerprint density at radius 3 is 2.48 bits per heavy atom. The Kier molecular flexibility index (Phi) is 4.72. The first-order valence-electron chi connectivity index (χ1n) is 9.16. The van der Waals surface area contributed by atoms with Gasteiger partial charge in [0.1, 0.15) is 0 Å². The van der Waals surface area contributed by atoms with Crippen LogP contribution in [-0.4, -0.2) is 30.7 Å². The molecule has 1 aliphatic heterocycles. The fraction of sp³-hybridized carbons (Fsp3) is 0.944. The molecule has 5 heteroatoms. The highest BCUT2D eigenvalue weighted by atomic mass is 35.5. The van der Waals surface area contributed by atoms with Crippen molar-refractivity contribution in [2.75, 3.05) is 6.61 Å². The number of carbonyl (C=O) groups excluding carboxylic acids is 1. The molecule has 0 aromatic heterocycles. The standard InChI is InChI=1S/C18H30N2O2.ClH/c1-18(2)15(13-6-7-22-16(13)18)20-17(21)12-8-10-4-3-5-11(9-12)14(10)19;/h10-16H,3-9,19H2,1-2H3,(H,20,21);1H. The van der Waals surface area contributed by atoms with Gasteiger partial charge in [0.15, 0.2) is 0 Å². The van der Waals surface area contributed by atoms with Crippen molar-refractivity contribution in [3.8, 4) is 0 Å². The second-order valence-electron chi connectivity index (χ2n) is 8.75. The van der Waals surface area contributed by atoms with Crippen molar-refractivity contribution in [1.29, 1.82) is 0 Å². The molecule has 1 saturated heterocycles. The Bertz CT molecular complexity index is 456. The minimum absolute atomic E-state index is 0. The monoisotopic (exact) mass is 342 g/mol. The molecule has 4 fully saturated rings. The van der Waals surface area contributed by atoms with Gasteiger partial charge in [0, 0.05) is 35.9 Å². The Morgan fingerprint density at radius 1 is 1.17 bits per heavy atom. The number of nitrogens with one attached hydrogen (secondary N) is 1. The molecule has 4 nitrogen and oxygen atoms in total. The van der Waals surface area contributed by atoms with Crippen LogP contribution in [0.4, 0.5) is 0 Å². The highest BCUT2D eigenvalue weighted by Gasteiger charge is 2.60. The Hall–Kier alpha value is -0.320. The lowest BCUT2D eigenvalue weighted by atomic mass is 9.57. The average Bonchev–Trinajstić information content (AvgIpc) is 2.91. The molecule has 23 heavy (non-hydrogen) atoms. The normalized spacial score (nSPS) is 47.0.